The van der Waals surface area contributed by atoms with Crippen LogP contribution >= 0.6 is 0 Å². The lowest BCUT2D eigenvalue weighted by atomic mass is 10.3. The molecule has 1 rings (SSSR count). The Morgan fingerprint density at radius 3 is 2.57 bits per heavy atom. The van der Waals surface area contributed by atoms with Gasteiger partial charge in [0.25, 0.3) is 0 Å². The minimum absolute atomic E-state index is 0.188. The molecule has 0 atom stereocenters. The summed E-state index contributed by atoms with van der Waals surface area (Å²) in [6.07, 6.45) is 0.188. The van der Waals surface area contributed by atoms with Gasteiger partial charge in [0, 0.05) is 0 Å². The molecule has 0 aliphatic heterocycles. The highest BCUT2D eigenvalue weighted by molar-refractivity contribution is 5.69. The molecule has 0 aliphatic rings. The molecule has 0 unspecified atom stereocenters. The van der Waals surface area contributed by atoms with Crippen LogP contribution in [0.1, 0.15) is 6.42 Å². The number of hydrogen-bond donors (Lipinski definition) is 0. The predicted molar refractivity (Wildman–Crippen MR) is 48.5 cm³/mol. The molecule has 0 bridgehead atoms. The van der Waals surface area contributed by atoms with E-state index in [9.17, 15) is 9.18 Å². The van der Waals surface area contributed by atoms with Crippen LogP contribution in [0.4, 0.5) is 4.39 Å². The van der Waals surface area contributed by atoms with Gasteiger partial charge in [-0.15, -0.1) is 0 Å². The highest BCUT2D eigenvalue weighted by atomic mass is 19.1. The molecule has 0 fully saturated rings. The molecule has 0 heterocycles. The molecule has 0 spiro atoms. The molecule has 1 aromatic rings. The van der Waals surface area contributed by atoms with Crippen LogP contribution in [0.5, 0.6) is 5.75 Å². The molecular formula is C10H11FO3. The van der Waals surface area contributed by atoms with Gasteiger partial charge in [0.2, 0.25) is 0 Å². The zero-order valence-electron chi connectivity index (χ0n) is 7.83. The maximum atomic E-state index is 12.5. The van der Waals surface area contributed by atoms with Gasteiger partial charge in [-0.3, -0.25) is 4.79 Å². The second kappa shape index (κ2) is 5.21. The number of ether oxygens (including phenoxy) is 2. The molecule has 0 saturated carbocycles. The minimum Gasteiger partial charge on any atom is -0.493 e. The fourth-order valence-electron chi connectivity index (χ4n) is 0.885. The van der Waals surface area contributed by atoms with Crippen molar-refractivity contribution in [1.82, 2.24) is 0 Å². The van der Waals surface area contributed by atoms with Gasteiger partial charge < -0.3 is 9.47 Å². The molecule has 0 saturated heterocycles. The second-order valence-corrected chi connectivity index (χ2v) is 2.63. The van der Waals surface area contributed by atoms with Crippen LogP contribution in [0, 0.1) is 5.82 Å². The monoisotopic (exact) mass is 198 g/mol. The third-order valence-electron chi connectivity index (χ3n) is 1.62. The van der Waals surface area contributed by atoms with E-state index in [1.165, 1.54) is 31.4 Å². The van der Waals surface area contributed by atoms with E-state index in [2.05, 4.69) is 4.74 Å². The van der Waals surface area contributed by atoms with Crippen molar-refractivity contribution < 1.29 is 18.7 Å². The molecule has 14 heavy (non-hydrogen) atoms. The van der Waals surface area contributed by atoms with Crippen molar-refractivity contribution in [1.29, 1.82) is 0 Å². The number of halogens is 1. The van der Waals surface area contributed by atoms with Crippen molar-refractivity contribution in [3.05, 3.63) is 30.1 Å². The lowest BCUT2D eigenvalue weighted by molar-refractivity contribution is -0.141. The van der Waals surface area contributed by atoms with Crippen LogP contribution in [-0.2, 0) is 9.53 Å². The molecule has 0 aliphatic carbocycles. The van der Waals surface area contributed by atoms with E-state index in [0.29, 0.717) is 5.75 Å². The second-order valence-electron chi connectivity index (χ2n) is 2.63. The molecule has 1 aromatic carbocycles. The number of esters is 1. The summed E-state index contributed by atoms with van der Waals surface area (Å²) in [5, 5.41) is 0. The quantitative estimate of drug-likeness (QED) is 0.691. The third-order valence-corrected chi connectivity index (χ3v) is 1.62. The van der Waals surface area contributed by atoms with Crippen molar-refractivity contribution in [2.24, 2.45) is 0 Å². The average Bonchev–Trinajstić information content (AvgIpc) is 2.21. The molecule has 0 aromatic heterocycles. The normalized spacial score (nSPS) is 9.57. The highest BCUT2D eigenvalue weighted by Crippen LogP contribution is 2.11. The van der Waals surface area contributed by atoms with Crippen molar-refractivity contribution in [2.75, 3.05) is 13.7 Å². The number of methoxy groups -OCH3 is 1. The summed E-state index contributed by atoms with van der Waals surface area (Å²) in [7, 11) is 1.32. The predicted octanol–water partition coefficient (Wildman–Crippen LogP) is 1.77. The first-order valence-corrected chi connectivity index (χ1v) is 4.17. The topological polar surface area (TPSA) is 35.5 Å². The summed E-state index contributed by atoms with van der Waals surface area (Å²) in [4.78, 5) is 10.7. The standard InChI is InChI=1S/C10H11FO3/c1-13-10(12)6-7-14-9-4-2-8(11)3-5-9/h2-5H,6-7H2,1H3. The largest absolute Gasteiger partial charge is 0.493 e. The summed E-state index contributed by atoms with van der Waals surface area (Å²) < 4.78 is 22.1. The molecule has 0 radical (unpaired) electrons. The van der Waals surface area contributed by atoms with Crippen LogP contribution in [0.25, 0.3) is 0 Å². The molecule has 0 N–H and O–H groups in total. The molecule has 3 nitrogen and oxygen atoms in total. The van der Waals surface area contributed by atoms with E-state index in [1.54, 1.807) is 0 Å². The third kappa shape index (κ3) is 3.43. The van der Waals surface area contributed by atoms with E-state index < -0.39 is 0 Å². The van der Waals surface area contributed by atoms with Gasteiger partial charge in [0.05, 0.1) is 20.1 Å². The van der Waals surface area contributed by atoms with E-state index in [4.69, 9.17) is 4.74 Å². The van der Waals surface area contributed by atoms with Crippen LogP contribution in [0.15, 0.2) is 24.3 Å². The number of benzene rings is 1. The summed E-state index contributed by atoms with van der Waals surface area (Å²) in [6, 6.07) is 5.61. The van der Waals surface area contributed by atoms with E-state index in [1.807, 2.05) is 0 Å². The maximum Gasteiger partial charge on any atom is 0.308 e. The lowest BCUT2D eigenvalue weighted by Gasteiger charge is -2.04. The van der Waals surface area contributed by atoms with Gasteiger partial charge in [-0.1, -0.05) is 0 Å². The number of carbonyl (C=O) groups excluding carboxylic acids is 1. The number of carbonyl (C=O) groups is 1. The van der Waals surface area contributed by atoms with Gasteiger partial charge in [-0.2, -0.15) is 0 Å². The summed E-state index contributed by atoms with van der Waals surface area (Å²) in [6.45, 7) is 0.234. The van der Waals surface area contributed by atoms with Crippen molar-refractivity contribution in [3.63, 3.8) is 0 Å². The average molecular weight is 198 g/mol. The zero-order chi connectivity index (χ0) is 10.4. The number of rotatable bonds is 4. The van der Waals surface area contributed by atoms with Crippen LogP contribution in [-0.4, -0.2) is 19.7 Å². The van der Waals surface area contributed by atoms with Gasteiger partial charge in [-0.05, 0) is 24.3 Å². The first-order valence-electron chi connectivity index (χ1n) is 4.17. The lowest BCUT2D eigenvalue weighted by Crippen LogP contribution is -2.07. The van der Waals surface area contributed by atoms with Crippen molar-refractivity contribution >= 4 is 5.97 Å². The molecular weight excluding hydrogens is 187 g/mol. The first-order chi connectivity index (χ1) is 6.72. The summed E-state index contributed by atoms with van der Waals surface area (Å²) in [5.74, 6) is -0.104. The van der Waals surface area contributed by atoms with Crippen LogP contribution < -0.4 is 4.74 Å². The fraction of sp³-hybridized carbons (Fsp3) is 0.300. The Labute approximate surface area is 81.4 Å². The Bertz CT molecular complexity index is 295. The first kappa shape index (κ1) is 10.5. The summed E-state index contributed by atoms with van der Waals surface area (Å²) in [5.41, 5.74) is 0. The van der Waals surface area contributed by atoms with Gasteiger partial charge >= 0.3 is 5.97 Å². The zero-order valence-corrected chi connectivity index (χ0v) is 7.83. The number of hydrogen-bond acceptors (Lipinski definition) is 3. The highest BCUT2D eigenvalue weighted by Gasteiger charge is 2.00. The van der Waals surface area contributed by atoms with E-state index in [-0.39, 0.29) is 24.8 Å². The van der Waals surface area contributed by atoms with E-state index in [0.717, 1.165) is 0 Å². The molecule has 0 amide bonds. The van der Waals surface area contributed by atoms with E-state index >= 15 is 0 Å². The Balaban J connectivity index is 2.31. The molecule has 76 valence electrons. The van der Waals surface area contributed by atoms with Gasteiger partial charge in [-0.25, -0.2) is 4.39 Å². The fourth-order valence-corrected chi connectivity index (χ4v) is 0.885. The Hall–Kier alpha value is -1.58. The van der Waals surface area contributed by atoms with Crippen molar-refractivity contribution in [3.8, 4) is 5.75 Å². The smallest absolute Gasteiger partial charge is 0.308 e. The Morgan fingerprint density at radius 2 is 2.00 bits per heavy atom. The maximum absolute atomic E-state index is 12.5. The Kier molecular flexibility index (Phi) is 3.91. The van der Waals surface area contributed by atoms with Gasteiger partial charge in [0.15, 0.2) is 0 Å². The minimum atomic E-state index is -0.327. The SMILES string of the molecule is COC(=O)CCOc1ccc(F)cc1. The van der Waals surface area contributed by atoms with Crippen LogP contribution in [0.2, 0.25) is 0 Å². The van der Waals surface area contributed by atoms with Crippen LogP contribution in [0.3, 0.4) is 0 Å². The summed E-state index contributed by atoms with van der Waals surface area (Å²) >= 11 is 0. The van der Waals surface area contributed by atoms with Gasteiger partial charge in [0.1, 0.15) is 11.6 Å². The Morgan fingerprint density at radius 1 is 1.36 bits per heavy atom. The molecule has 4 heteroatoms. The van der Waals surface area contributed by atoms with Crippen molar-refractivity contribution in [2.45, 2.75) is 6.42 Å².